The molecule has 2 heterocycles. The summed E-state index contributed by atoms with van der Waals surface area (Å²) in [6.07, 6.45) is 0. The van der Waals surface area contributed by atoms with Gasteiger partial charge in [0.2, 0.25) is 18.6 Å². The molecule has 0 spiro atoms. The average Bonchev–Trinajstić information content (AvgIpc) is 3.29. The smallest absolute Gasteiger partial charge is 0.277 e. The lowest BCUT2D eigenvalue weighted by Crippen LogP contribution is -2.13. The molecule has 0 saturated carbocycles. The molecule has 0 bridgehead atoms. The van der Waals surface area contributed by atoms with E-state index in [-0.39, 0.29) is 18.5 Å². The number of fused-ring (bicyclic) bond motifs is 1. The van der Waals surface area contributed by atoms with E-state index < -0.39 is 0 Å². The highest BCUT2D eigenvalue weighted by atomic mass is 35.5. The van der Waals surface area contributed by atoms with Crippen molar-refractivity contribution in [2.45, 2.75) is 5.22 Å². The third-order valence-corrected chi connectivity index (χ3v) is 4.51. The summed E-state index contributed by atoms with van der Waals surface area (Å²) in [4.78, 5) is 12.1. The number of rotatable bonds is 5. The molecule has 1 aliphatic heterocycles. The first kappa shape index (κ1) is 16.7. The van der Waals surface area contributed by atoms with Crippen LogP contribution in [0.4, 0.5) is 5.69 Å². The minimum Gasteiger partial charge on any atom is -0.454 e. The second kappa shape index (κ2) is 7.27. The molecule has 4 rings (SSSR count). The topological polar surface area (TPSA) is 86.5 Å². The summed E-state index contributed by atoms with van der Waals surface area (Å²) in [5.74, 6) is 1.56. The highest BCUT2D eigenvalue weighted by molar-refractivity contribution is 7.99. The normalized spacial score (nSPS) is 12.2. The number of benzene rings is 2. The van der Waals surface area contributed by atoms with Gasteiger partial charge in [-0.1, -0.05) is 29.4 Å². The van der Waals surface area contributed by atoms with Crippen LogP contribution in [0.15, 0.2) is 52.1 Å². The zero-order valence-corrected chi connectivity index (χ0v) is 14.8. The number of amides is 1. The van der Waals surface area contributed by atoms with E-state index in [9.17, 15) is 4.79 Å². The van der Waals surface area contributed by atoms with Gasteiger partial charge in [0.15, 0.2) is 11.5 Å². The van der Waals surface area contributed by atoms with Crippen LogP contribution in [0.3, 0.4) is 0 Å². The van der Waals surface area contributed by atoms with Crippen LogP contribution in [-0.2, 0) is 4.79 Å². The molecule has 0 radical (unpaired) electrons. The molecule has 132 valence electrons. The molecule has 0 unspecified atom stereocenters. The van der Waals surface area contributed by atoms with Gasteiger partial charge in [0.05, 0.1) is 5.75 Å². The number of carbonyl (C=O) groups excluding carboxylic acids is 1. The number of carbonyl (C=O) groups is 1. The van der Waals surface area contributed by atoms with E-state index in [2.05, 4.69) is 15.5 Å². The average molecular weight is 390 g/mol. The second-order valence-corrected chi connectivity index (χ2v) is 6.65. The first-order valence-corrected chi connectivity index (χ1v) is 8.95. The summed E-state index contributed by atoms with van der Waals surface area (Å²) in [7, 11) is 0. The van der Waals surface area contributed by atoms with Crippen molar-refractivity contribution >= 4 is 35.0 Å². The van der Waals surface area contributed by atoms with Gasteiger partial charge in [-0.05, 0) is 30.3 Å². The Kier molecular flexibility index (Phi) is 4.68. The minimum atomic E-state index is -0.198. The number of aromatic nitrogens is 2. The molecule has 1 aromatic heterocycles. The molecule has 0 atom stereocenters. The van der Waals surface area contributed by atoms with Crippen LogP contribution in [-0.4, -0.2) is 28.7 Å². The van der Waals surface area contributed by atoms with Gasteiger partial charge in [-0.25, -0.2) is 0 Å². The molecule has 2 aromatic carbocycles. The Morgan fingerprint density at radius 3 is 2.92 bits per heavy atom. The highest BCUT2D eigenvalue weighted by Gasteiger charge is 2.15. The summed E-state index contributed by atoms with van der Waals surface area (Å²) in [6.45, 7) is 0.189. The van der Waals surface area contributed by atoms with Gasteiger partial charge in [-0.3, -0.25) is 4.79 Å². The number of halogens is 1. The molecule has 3 aromatic rings. The van der Waals surface area contributed by atoms with Crippen molar-refractivity contribution in [1.82, 2.24) is 10.2 Å². The molecule has 1 N–H and O–H groups in total. The largest absolute Gasteiger partial charge is 0.454 e. The molecular weight excluding hydrogens is 378 g/mol. The summed E-state index contributed by atoms with van der Waals surface area (Å²) in [5.41, 5.74) is 1.35. The lowest BCUT2D eigenvalue weighted by atomic mass is 10.2. The quantitative estimate of drug-likeness (QED) is 0.663. The molecule has 0 saturated heterocycles. The Morgan fingerprint density at radius 2 is 2.04 bits per heavy atom. The van der Waals surface area contributed by atoms with Crippen molar-refractivity contribution in [3.63, 3.8) is 0 Å². The number of anilines is 1. The van der Waals surface area contributed by atoms with Crippen molar-refractivity contribution < 1.29 is 18.7 Å². The van der Waals surface area contributed by atoms with Crippen molar-refractivity contribution in [2.75, 3.05) is 17.9 Å². The van der Waals surface area contributed by atoms with E-state index >= 15 is 0 Å². The maximum absolute atomic E-state index is 12.1. The predicted octanol–water partition coefficient (Wildman–Crippen LogP) is 3.85. The van der Waals surface area contributed by atoms with E-state index in [0.717, 1.165) is 17.3 Å². The van der Waals surface area contributed by atoms with Crippen LogP contribution in [0.1, 0.15) is 0 Å². The fraction of sp³-hybridized carbons (Fsp3) is 0.118. The van der Waals surface area contributed by atoms with Crippen LogP contribution >= 0.6 is 23.4 Å². The summed E-state index contributed by atoms with van der Waals surface area (Å²) >= 11 is 7.10. The van der Waals surface area contributed by atoms with E-state index in [1.54, 1.807) is 36.4 Å². The van der Waals surface area contributed by atoms with Gasteiger partial charge in [0, 0.05) is 22.3 Å². The number of hydrogen-bond acceptors (Lipinski definition) is 7. The Balaban J connectivity index is 1.35. The highest BCUT2D eigenvalue weighted by Crippen LogP contribution is 2.34. The van der Waals surface area contributed by atoms with E-state index in [1.807, 2.05) is 6.07 Å². The zero-order chi connectivity index (χ0) is 17.9. The first-order valence-electron chi connectivity index (χ1n) is 7.59. The Morgan fingerprint density at radius 1 is 1.15 bits per heavy atom. The predicted molar refractivity (Wildman–Crippen MR) is 96.7 cm³/mol. The van der Waals surface area contributed by atoms with Crippen LogP contribution in [0.5, 0.6) is 11.5 Å². The second-order valence-electron chi connectivity index (χ2n) is 5.29. The lowest BCUT2D eigenvalue weighted by molar-refractivity contribution is -0.113. The number of thioether (sulfide) groups is 1. The summed E-state index contributed by atoms with van der Waals surface area (Å²) in [5, 5.41) is 11.6. The van der Waals surface area contributed by atoms with Crippen LogP contribution < -0.4 is 14.8 Å². The van der Waals surface area contributed by atoms with Gasteiger partial charge < -0.3 is 19.2 Å². The molecule has 1 amide bonds. The monoisotopic (exact) mass is 389 g/mol. The van der Waals surface area contributed by atoms with E-state index in [0.29, 0.717) is 33.3 Å². The third-order valence-electron chi connectivity index (χ3n) is 3.46. The Hall–Kier alpha value is -2.71. The van der Waals surface area contributed by atoms with Crippen molar-refractivity contribution in [3.8, 4) is 23.0 Å². The van der Waals surface area contributed by atoms with Crippen molar-refractivity contribution in [3.05, 3.63) is 47.5 Å². The molecular formula is C17H12ClN3O4S. The Labute approximate surface area is 157 Å². The van der Waals surface area contributed by atoms with E-state index in [4.69, 9.17) is 25.5 Å². The fourth-order valence-electron chi connectivity index (χ4n) is 2.30. The maximum Gasteiger partial charge on any atom is 0.277 e. The number of nitrogens with zero attached hydrogens (tertiary/aromatic N) is 2. The number of ether oxygens (including phenoxy) is 2. The minimum absolute atomic E-state index is 0.131. The molecule has 1 aliphatic rings. The van der Waals surface area contributed by atoms with Crippen molar-refractivity contribution in [1.29, 1.82) is 0 Å². The number of nitrogens with one attached hydrogen (secondary N) is 1. The molecule has 26 heavy (non-hydrogen) atoms. The van der Waals surface area contributed by atoms with Gasteiger partial charge in [-0.15, -0.1) is 10.2 Å². The van der Waals surface area contributed by atoms with Gasteiger partial charge in [0.1, 0.15) is 0 Å². The van der Waals surface area contributed by atoms with Gasteiger partial charge >= 0.3 is 0 Å². The maximum atomic E-state index is 12.1. The lowest BCUT2D eigenvalue weighted by Gasteiger charge is -2.05. The zero-order valence-electron chi connectivity index (χ0n) is 13.3. The van der Waals surface area contributed by atoms with E-state index in [1.165, 1.54) is 0 Å². The van der Waals surface area contributed by atoms with Crippen LogP contribution in [0.2, 0.25) is 5.02 Å². The summed E-state index contributed by atoms with van der Waals surface area (Å²) in [6, 6.07) is 12.3. The van der Waals surface area contributed by atoms with Gasteiger partial charge in [-0.2, -0.15) is 0 Å². The number of hydrogen-bond donors (Lipinski definition) is 1. The molecule has 7 nitrogen and oxygen atoms in total. The summed E-state index contributed by atoms with van der Waals surface area (Å²) < 4.78 is 16.1. The molecule has 9 heteroatoms. The Bertz CT molecular complexity index is 963. The molecule has 0 aliphatic carbocycles. The van der Waals surface area contributed by atoms with Crippen LogP contribution in [0, 0.1) is 0 Å². The van der Waals surface area contributed by atoms with Crippen molar-refractivity contribution in [2.24, 2.45) is 0 Å². The SMILES string of the molecule is O=C(CSc1nnc(-c2cccc(Cl)c2)o1)Nc1ccc2c(c1)OCO2. The standard InChI is InChI=1S/C17H12ClN3O4S/c18-11-3-1-2-10(6-11)16-20-21-17(25-16)26-8-15(22)19-12-4-5-13-14(7-12)24-9-23-13/h1-7H,8-9H2,(H,19,22). The van der Waals surface area contributed by atoms with Gasteiger partial charge in [0.25, 0.3) is 5.22 Å². The first-order chi connectivity index (χ1) is 12.7. The molecule has 0 fully saturated rings. The van der Waals surface area contributed by atoms with Crippen LogP contribution in [0.25, 0.3) is 11.5 Å². The third kappa shape index (κ3) is 3.76. The fourth-order valence-corrected chi connectivity index (χ4v) is 3.06.